The Kier molecular flexibility index (Phi) is 7.34. The van der Waals surface area contributed by atoms with E-state index in [2.05, 4.69) is 4.98 Å². The Labute approximate surface area is 219 Å². The third-order valence-corrected chi connectivity index (χ3v) is 9.17. The van der Waals surface area contributed by atoms with E-state index in [1.807, 2.05) is 30.3 Å². The minimum absolute atomic E-state index is 0.102. The molecule has 1 unspecified atom stereocenters. The molecule has 2 heterocycles. The molecule has 10 heteroatoms. The van der Waals surface area contributed by atoms with Gasteiger partial charge in [0.05, 0.1) is 27.8 Å². The molecule has 0 saturated carbocycles. The molecule has 0 aliphatic carbocycles. The van der Waals surface area contributed by atoms with Gasteiger partial charge in [0.1, 0.15) is 5.82 Å². The third kappa shape index (κ3) is 5.57. The maximum absolute atomic E-state index is 13.8. The predicted molar refractivity (Wildman–Crippen MR) is 142 cm³/mol. The van der Waals surface area contributed by atoms with Crippen LogP contribution in [0.25, 0.3) is 10.2 Å². The molecule has 1 atom stereocenters. The van der Waals surface area contributed by atoms with E-state index >= 15 is 0 Å². The summed E-state index contributed by atoms with van der Waals surface area (Å²) in [5.41, 5.74) is 1.82. The number of hydrogen-bond acceptors (Lipinski definition) is 6. The Hall–Kier alpha value is -3.18. The second-order valence-electron chi connectivity index (χ2n) is 8.93. The molecule has 3 aromatic carbocycles. The molecule has 37 heavy (non-hydrogen) atoms. The first-order valence-corrected chi connectivity index (χ1v) is 14.2. The van der Waals surface area contributed by atoms with Crippen molar-refractivity contribution in [2.45, 2.75) is 30.4 Å². The lowest BCUT2D eigenvalue weighted by atomic mass is 10.1. The minimum Gasteiger partial charge on any atom is -0.377 e. The average molecular weight is 540 g/mol. The summed E-state index contributed by atoms with van der Waals surface area (Å²) in [6.45, 7) is 1.19. The van der Waals surface area contributed by atoms with E-state index in [9.17, 15) is 17.6 Å². The molecule has 4 aromatic rings. The zero-order chi connectivity index (χ0) is 26.0. The van der Waals surface area contributed by atoms with E-state index in [-0.39, 0.29) is 35.8 Å². The molecule has 0 radical (unpaired) electrons. The first-order chi connectivity index (χ1) is 17.8. The van der Waals surface area contributed by atoms with Crippen LogP contribution < -0.4 is 4.90 Å². The summed E-state index contributed by atoms with van der Waals surface area (Å²) < 4.78 is 47.4. The SMILES string of the molecule is CN(CC1CCCO1)S(=O)(=O)c1ccc(C(=O)N(Cc2ccccc2)c2nc3ccc(F)cc3s2)cc1. The Bertz CT molecular complexity index is 1500. The van der Waals surface area contributed by atoms with Crippen LogP contribution in [-0.2, 0) is 21.3 Å². The number of sulfonamides is 1. The van der Waals surface area contributed by atoms with Crippen LogP contribution >= 0.6 is 11.3 Å². The molecule has 1 amide bonds. The van der Waals surface area contributed by atoms with Crippen molar-refractivity contribution in [3.8, 4) is 0 Å². The van der Waals surface area contributed by atoms with Crippen LogP contribution in [0, 0.1) is 5.82 Å². The monoisotopic (exact) mass is 539 g/mol. The highest BCUT2D eigenvalue weighted by Crippen LogP contribution is 2.31. The summed E-state index contributed by atoms with van der Waals surface area (Å²) in [5, 5.41) is 0.433. The Morgan fingerprint density at radius 1 is 1.11 bits per heavy atom. The first kappa shape index (κ1) is 25.5. The fourth-order valence-corrected chi connectivity index (χ4v) is 6.46. The predicted octanol–water partition coefficient (Wildman–Crippen LogP) is 5.08. The van der Waals surface area contributed by atoms with Gasteiger partial charge in [0.25, 0.3) is 5.91 Å². The number of carbonyl (C=O) groups excluding carboxylic acids is 1. The number of hydrogen-bond donors (Lipinski definition) is 0. The first-order valence-electron chi connectivity index (χ1n) is 11.9. The topological polar surface area (TPSA) is 79.8 Å². The highest BCUT2D eigenvalue weighted by molar-refractivity contribution is 7.89. The van der Waals surface area contributed by atoms with Crippen LogP contribution in [0.1, 0.15) is 28.8 Å². The molecule has 1 saturated heterocycles. The molecule has 7 nitrogen and oxygen atoms in total. The number of likely N-dealkylation sites (N-methyl/N-ethyl adjacent to an activating group) is 1. The standard InChI is InChI=1S/C27H26FN3O4S2/c1-30(18-22-8-5-15-35-22)37(33,34)23-12-9-20(10-13-23)26(32)31(17-19-6-3-2-4-7-19)27-29-24-14-11-21(28)16-25(24)36-27/h2-4,6-7,9-14,16,22H,5,8,15,17-18H2,1H3. The maximum atomic E-state index is 13.8. The van der Waals surface area contributed by atoms with Crippen molar-refractivity contribution in [3.05, 3.63) is 89.7 Å². The second kappa shape index (κ2) is 10.7. The highest BCUT2D eigenvalue weighted by Gasteiger charge is 2.27. The van der Waals surface area contributed by atoms with Crippen molar-refractivity contribution in [2.24, 2.45) is 0 Å². The summed E-state index contributed by atoms with van der Waals surface area (Å²) in [6.07, 6.45) is 1.66. The fourth-order valence-electron chi connectivity index (χ4n) is 4.27. The lowest BCUT2D eigenvalue weighted by molar-refractivity contribution is 0.0978. The van der Waals surface area contributed by atoms with Crippen molar-refractivity contribution in [2.75, 3.05) is 25.1 Å². The zero-order valence-corrected chi connectivity index (χ0v) is 21.8. The van der Waals surface area contributed by atoms with E-state index in [0.717, 1.165) is 18.4 Å². The number of nitrogens with zero attached hydrogens (tertiary/aromatic N) is 3. The molecule has 1 aromatic heterocycles. The van der Waals surface area contributed by atoms with Crippen LogP contribution in [-0.4, -0.2) is 49.9 Å². The summed E-state index contributed by atoms with van der Waals surface area (Å²) >= 11 is 1.23. The van der Waals surface area contributed by atoms with Crippen molar-refractivity contribution >= 4 is 42.6 Å². The van der Waals surface area contributed by atoms with Gasteiger partial charge in [0, 0.05) is 25.8 Å². The van der Waals surface area contributed by atoms with Gasteiger partial charge in [-0.15, -0.1) is 0 Å². The van der Waals surface area contributed by atoms with Gasteiger partial charge in [-0.1, -0.05) is 41.7 Å². The number of amides is 1. The van der Waals surface area contributed by atoms with Crippen LogP contribution in [0.15, 0.2) is 77.7 Å². The van der Waals surface area contributed by atoms with Gasteiger partial charge in [-0.05, 0) is 60.9 Å². The lowest BCUT2D eigenvalue weighted by Crippen LogP contribution is -2.34. The summed E-state index contributed by atoms with van der Waals surface area (Å²) in [4.78, 5) is 19.9. The number of thiazole rings is 1. The Morgan fingerprint density at radius 2 is 1.86 bits per heavy atom. The quantitative estimate of drug-likeness (QED) is 0.312. The van der Waals surface area contributed by atoms with Crippen molar-refractivity contribution in [1.29, 1.82) is 0 Å². The molecule has 5 rings (SSSR count). The number of rotatable bonds is 8. The highest BCUT2D eigenvalue weighted by atomic mass is 32.2. The van der Waals surface area contributed by atoms with E-state index in [1.54, 1.807) is 6.07 Å². The molecule has 192 valence electrons. The van der Waals surface area contributed by atoms with Gasteiger partial charge in [-0.3, -0.25) is 9.69 Å². The van der Waals surface area contributed by atoms with E-state index in [1.165, 1.54) is 64.0 Å². The summed E-state index contributed by atoms with van der Waals surface area (Å²) in [7, 11) is -2.19. The Balaban J connectivity index is 1.42. The second-order valence-corrected chi connectivity index (χ2v) is 12.0. The van der Waals surface area contributed by atoms with Crippen LogP contribution in [0.5, 0.6) is 0 Å². The number of ether oxygens (including phenoxy) is 1. The Morgan fingerprint density at radius 3 is 2.57 bits per heavy atom. The summed E-state index contributed by atoms with van der Waals surface area (Å²) in [6, 6.07) is 19.7. The molecule has 0 bridgehead atoms. The number of halogens is 1. The number of aromatic nitrogens is 1. The molecular formula is C27H26FN3O4S2. The molecule has 1 aliphatic heterocycles. The number of carbonyl (C=O) groups is 1. The van der Waals surface area contributed by atoms with E-state index < -0.39 is 10.0 Å². The molecule has 1 aliphatic rings. The number of fused-ring (bicyclic) bond motifs is 1. The fraction of sp³-hybridized carbons (Fsp3) is 0.259. The maximum Gasteiger partial charge on any atom is 0.260 e. The summed E-state index contributed by atoms with van der Waals surface area (Å²) in [5.74, 6) is -0.704. The average Bonchev–Trinajstić information content (AvgIpc) is 3.57. The molecule has 1 fully saturated rings. The number of anilines is 1. The van der Waals surface area contributed by atoms with Crippen LogP contribution in [0.3, 0.4) is 0 Å². The van der Waals surface area contributed by atoms with Crippen LogP contribution in [0.4, 0.5) is 9.52 Å². The molecule has 0 spiro atoms. The molecule has 0 N–H and O–H groups in total. The normalized spacial score (nSPS) is 15.9. The van der Waals surface area contributed by atoms with Gasteiger partial charge < -0.3 is 4.74 Å². The van der Waals surface area contributed by atoms with Crippen molar-refractivity contribution in [1.82, 2.24) is 9.29 Å². The number of benzene rings is 3. The van der Waals surface area contributed by atoms with Crippen LogP contribution in [0.2, 0.25) is 0 Å². The van der Waals surface area contributed by atoms with E-state index in [4.69, 9.17) is 4.74 Å². The van der Waals surface area contributed by atoms with Gasteiger partial charge in [0.15, 0.2) is 5.13 Å². The van der Waals surface area contributed by atoms with Gasteiger partial charge in [0.2, 0.25) is 10.0 Å². The van der Waals surface area contributed by atoms with Crippen molar-refractivity contribution < 1.29 is 22.3 Å². The molecular weight excluding hydrogens is 513 g/mol. The zero-order valence-electron chi connectivity index (χ0n) is 20.2. The van der Waals surface area contributed by atoms with Crippen molar-refractivity contribution in [3.63, 3.8) is 0 Å². The largest absolute Gasteiger partial charge is 0.377 e. The van der Waals surface area contributed by atoms with Gasteiger partial charge in [-0.2, -0.15) is 4.31 Å². The minimum atomic E-state index is -3.73. The smallest absolute Gasteiger partial charge is 0.260 e. The van der Waals surface area contributed by atoms with Gasteiger partial charge >= 0.3 is 0 Å². The lowest BCUT2D eigenvalue weighted by Gasteiger charge is -2.22. The van der Waals surface area contributed by atoms with E-state index in [0.29, 0.717) is 27.5 Å². The van der Waals surface area contributed by atoms with Gasteiger partial charge in [-0.25, -0.2) is 17.8 Å². The third-order valence-electron chi connectivity index (χ3n) is 6.29.